The summed E-state index contributed by atoms with van der Waals surface area (Å²) < 4.78 is 0. The number of imidazole rings is 1. The van der Waals surface area contributed by atoms with Gasteiger partial charge in [0.05, 0.1) is 30.4 Å². The normalized spacial score (nSPS) is 25.3. The third kappa shape index (κ3) is 15.5. The number of rotatable bonds is 13. The summed E-state index contributed by atoms with van der Waals surface area (Å²) >= 11 is 0. The number of hydrogen-bond acceptors (Lipinski definition) is 13. The largest absolute Gasteiger partial charge is 0.370 e. The van der Waals surface area contributed by atoms with Crippen LogP contribution in [0.1, 0.15) is 88.6 Å². The number of nitrogens with one attached hydrogen (secondary N) is 5. The van der Waals surface area contributed by atoms with Gasteiger partial charge >= 0.3 is 6.03 Å². The van der Waals surface area contributed by atoms with Gasteiger partial charge in [0.25, 0.3) is 5.91 Å². The fraction of sp³-hybridized carbons (Fsp3) is 0.481. The average Bonchev–Trinajstić information content (AvgIpc) is 4.10. The Bertz CT molecular complexity index is 2570. The quantitative estimate of drug-likeness (QED) is 0.0425. The van der Waals surface area contributed by atoms with Gasteiger partial charge in [-0.05, 0) is 67.7 Å². The summed E-state index contributed by atoms with van der Waals surface area (Å²) in [5.41, 5.74) is 15.3. The molecule has 3 aromatic rings. The van der Waals surface area contributed by atoms with E-state index in [1.165, 1.54) is 37.2 Å². The van der Waals surface area contributed by atoms with Gasteiger partial charge in [0.15, 0.2) is 23.3 Å². The number of aromatic amines is 1. The van der Waals surface area contributed by atoms with Crippen LogP contribution in [0.3, 0.4) is 0 Å². The van der Waals surface area contributed by atoms with Crippen molar-refractivity contribution in [3.63, 3.8) is 0 Å². The molecule has 9 N–H and O–H groups in total. The van der Waals surface area contributed by atoms with Crippen LogP contribution in [0.15, 0.2) is 78.2 Å². The van der Waals surface area contributed by atoms with E-state index in [4.69, 9.17) is 11.5 Å². The van der Waals surface area contributed by atoms with Gasteiger partial charge in [0.2, 0.25) is 17.7 Å². The van der Waals surface area contributed by atoms with Crippen LogP contribution in [0.5, 0.6) is 0 Å². The second-order valence-electron chi connectivity index (χ2n) is 19.2. The van der Waals surface area contributed by atoms with Crippen LogP contribution in [0.4, 0.5) is 4.79 Å². The molecule has 0 unspecified atom stereocenters. The molecule has 6 rings (SSSR count). The summed E-state index contributed by atoms with van der Waals surface area (Å²) in [7, 11) is 2.29. The molecule has 1 aromatic heterocycles. The minimum atomic E-state index is -1.40. The summed E-state index contributed by atoms with van der Waals surface area (Å²) in [5.74, 6) is -7.83. The fourth-order valence-electron chi connectivity index (χ4n) is 9.15. The molecule has 3 heterocycles. The standard InChI is InChI=1S/C52H66N10O9S2/c1-29(2)46-50(70)62(52(71)61-46)42-27-73-72-26-37(31(4)63)24-45(66)41(21-34-17-16-33-13-8-9-15-39(33)34)60-47(67)35(14-10-18-56-51(53)54)22-44(65)40(19-32-11-6-5-7-12-32)59-48(68)36(20-38-25-55-28-57-38)23-43(64)30(3)58-49(42)69/h5-9,11-13,15,17,25,28-30,35-37,40-42,46H,10,14,16,18-24,26-27H2,1-4H3,(H,55,57)(H,58,69)(H,59,68)(H,60,67)(H,61,71)(H4,53,54,56)/t30-,35-,36-,37+,40-,41+,42+,46+/m1/s1. The SMILES string of the molecule is CC(=O)[C@@H]1CSSC[C@H](N2C(=O)N[C@@H](C(C)C)C2=O)C(=O)N[C@H](C)C(=O)C[C@@H](Cc2cnc[nH]2)C(=O)N[C@H](Cc2ccccc2)C(=O)C[C@@H](CCCN=C(N)N)C(=O)N[C@@H](CC2=CCc3ccccc32)C(=O)C1. The molecule has 2 fully saturated rings. The van der Waals surface area contributed by atoms with Crippen molar-refractivity contribution in [1.29, 1.82) is 0 Å². The number of nitrogens with zero attached hydrogens (tertiary/aromatic N) is 3. The van der Waals surface area contributed by atoms with E-state index in [2.05, 4.69) is 36.2 Å². The van der Waals surface area contributed by atoms with E-state index < -0.39 is 101 Å². The number of benzene rings is 2. The number of H-pyrrole nitrogens is 1. The predicted molar refractivity (Wildman–Crippen MR) is 279 cm³/mol. The Morgan fingerprint density at radius 3 is 2.11 bits per heavy atom. The first-order valence-corrected chi connectivity index (χ1v) is 27.1. The minimum absolute atomic E-state index is 0.00653. The molecule has 3 aliphatic rings. The Balaban J connectivity index is 1.38. The van der Waals surface area contributed by atoms with Gasteiger partial charge in [-0.3, -0.25) is 43.3 Å². The zero-order valence-electron chi connectivity index (χ0n) is 41.6. The molecule has 0 radical (unpaired) electrons. The molecule has 2 saturated heterocycles. The number of allylic oxidation sites excluding steroid dienone is 1. The monoisotopic (exact) mass is 1040 g/mol. The van der Waals surface area contributed by atoms with Gasteiger partial charge in [-0.15, -0.1) is 0 Å². The third-order valence-electron chi connectivity index (χ3n) is 13.4. The number of Topliss-reactive ketones (excluding diaryl/α,β-unsaturated/α-hetero) is 4. The van der Waals surface area contributed by atoms with Crippen LogP contribution in [0, 0.1) is 23.7 Å². The van der Waals surface area contributed by atoms with Crippen LogP contribution in [0.2, 0.25) is 0 Å². The van der Waals surface area contributed by atoms with E-state index in [0.717, 1.165) is 32.4 Å². The molecule has 0 saturated carbocycles. The topological polar surface area (TPSA) is 298 Å². The summed E-state index contributed by atoms with van der Waals surface area (Å²) in [6.45, 7) is 6.47. The van der Waals surface area contributed by atoms with E-state index in [1.54, 1.807) is 38.1 Å². The zero-order chi connectivity index (χ0) is 52.8. The number of carbonyl (C=O) groups excluding carboxylic acids is 9. The number of aromatic nitrogens is 2. The molecule has 0 spiro atoms. The number of imide groups is 1. The lowest BCUT2D eigenvalue weighted by Crippen LogP contribution is -2.54. The predicted octanol–water partition coefficient (Wildman–Crippen LogP) is 3.41. The van der Waals surface area contributed by atoms with Crippen molar-refractivity contribution in [2.45, 2.75) is 116 Å². The molecule has 1 aliphatic carbocycles. The molecule has 19 nitrogen and oxygen atoms in total. The molecule has 2 aliphatic heterocycles. The van der Waals surface area contributed by atoms with E-state index in [0.29, 0.717) is 17.7 Å². The summed E-state index contributed by atoms with van der Waals surface area (Å²) in [5, 5.41) is 11.2. The van der Waals surface area contributed by atoms with Crippen LogP contribution < -0.4 is 32.7 Å². The lowest BCUT2D eigenvalue weighted by atomic mass is 9.88. The second-order valence-corrected chi connectivity index (χ2v) is 21.8. The summed E-state index contributed by atoms with van der Waals surface area (Å²) in [6, 6.07) is 10.1. The van der Waals surface area contributed by atoms with Crippen molar-refractivity contribution >= 4 is 85.9 Å². The first-order valence-electron chi connectivity index (χ1n) is 24.6. The van der Waals surface area contributed by atoms with Crippen molar-refractivity contribution < 1.29 is 43.2 Å². The Hall–Kier alpha value is -6.61. The van der Waals surface area contributed by atoms with Crippen LogP contribution in [-0.4, -0.2) is 122 Å². The average molecular weight is 1040 g/mol. The minimum Gasteiger partial charge on any atom is -0.370 e. The first kappa shape index (κ1) is 55.7. The molecule has 2 aromatic carbocycles. The number of ketones is 4. The maximum Gasteiger partial charge on any atom is 0.325 e. The second kappa shape index (κ2) is 26.4. The number of aliphatic imine (C=N–C) groups is 1. The maximum atomic E-state index is 14.8. The highest BCUT2D eigenvalue weighted by molar-refractivity contribution is 8.76. The van der Waals surface area contributed by atoms with Gasteiger partial charge < -0.3 is 37.7 Å². The number of nitrogens with two attached hydrogens (primary N) is 2. The van der Waals surface area contributed by atoms with Gasteiger partial charge in [0, 0.05) is 73.9 Å². The van der Waals surface area contributed by atoms with Crippen LogP contribution in [-0.2, 0) is 57.6 Å². The molecule has 21 heteroatoms. The Morgan fingerprint density at radius 1 is 0.781 bits per heavy atom. The molecule has 390 valence electrons. The van der Waals surface area contributed by atoms with Gasteiger partial charge in [-0.25, -0.2) is 14.7 Å². The molecular formula is C52H66N10O9S2. The number of guanidine groups is 1. The Labute approximate surface area is 432 Å². The van der Waals surface area contributed by atoms with E-state index in [-0.39, 0.29) is 80.7 Å². The lowest BCUT2D eigenvalue weighted by Gasteiger charge is -2.27. The maximum absolute atomic E-state index is 14.8. The summed E-state index contributed by atoms with van der Waals surface area (Å²) in [4.78, 5) is 139. The van der Waals surface area contributed by atoms with E-state index in [9.17, 15) is 43.2 Å². The van der Waals surface area contributed by atoms with Gasteiger partial charge in [-0.2, -0.15) is 0 Å². The van der Waals surface area contributed by atoms with Crippen molar-refractivity contribution in [3.05, 3.63) is 95.6 Å². The van der Waals surface area contributed by atoms with Crippen molar-refractivity contribution in [2.75, 3.05) is 18.1 Å². The zero-order valence-corrected chi connectivity index (χ0v) is 43.2. The molecular weight excluding hydrogens is 973 g/mol. The molecule has 6 amide bonds. The third-order valence-corrected chi connectivity index (χ3v) is 15.9. The fourth-order valence-corrected chi connectivity index (χ4v) is 11.7. The summed E-state index contributed by atoms with van der Waals surface area (Å²) in [6.07, 6.45) is 5.09. The van der Waals surface area contributed by atoms with Crippen LogP contribution >= 0.6 is 21.6 Å². The van der Waals surface area contributed by atoms with Crippen molar-refractivity contribution in [3.8, 4) is 0 Å². The number of carbonyl (C=O) groups is 9. The number of amides is 6. The number of hydrogen-bond donors (Lipinski definition) is 7. The lowest BCUT2D eigenvalue weighted by molar-refractivity contribution is -0.137. The Morgan fingerprint density at radius 2 is 1.44 bits per heavy atom. The Kier molecular flexibility index (Phi) is 20.1. The number of fused-ring (bicyclic) bond motifs is 1. The van der Waals surface area contributed by atoms with E-state index in [1.807, 2.05) is 36.4 Å². The van der Waals surface area contributed by atoms with Crippen LogP contribution in [0.25, 0.3) is 5.57 Å². The highest BCUT2D eigenvalue weighted by Crippen LogP contribution is 2.33. The van der Waals surface area contributed by atoms with Crippen molar-refractivity contribution in [2.24, 2.45) is 40.1 Å². The van der Waals surface area contributed by atoms with Crippen molar-refractivity contribution in [1.82, 2.24) is 36.1 Å². The molecule has 0 bridgehead atoms. The first-order chi connectivity index (χ1) is 34.9. The van der Waals surface area contributed by atoms with E-state index >= 15 is 0 Å². The van der Waals surface area contributed by atoms with Gasteiger partial charge in [-0.1, -0.05) is 96.1 Å². The molecule has 8 atom stereocenters. The molecule has 73 heavy (non-hydrogen) atoms. The smallest absolute Gasteiger partial charge is 0.325 e. The number of urea groups is 1. The highest BCUT2D eigenvalue weighted by Gasteiger charge is 2.46. The van der Waals surface area contributed by atoms with Gasteiger partial charge in [0.1, 0.15) is 17.9 Å². The highest BCUT2D eigenvalue weighted by atomic mass is 33.1.